The lowest BCUT2D eigenvalue weighted by molar-refractivity contribution is -0.120. The van der Waals surface area contributed by atoms with E-state index in [9.17, 15) is 14.4 Å². The zero-order valence-corrected chi connectivity index (χ0v) is 18.9. The number of carbonyl (C=O) groups excluding carboxylic acids is 3. The molecule has 3 N–H and O–H groups in total. The molecule has 8 heteroatoms. The Kier molecular flexibility index (Phi) is 9.26. The Bertz CT molecular complexity index is 939. The minimum absolute atomic E-state index is 0.0308. The summed E-state index contributed by atoms with van der Waals surface area (Å²) >= 11 is 0. The molecule has 0 saturated heterocycles. The van der Waals surface area contributed by atoms with E-state index in [0.29, 0.717) is 42.4 Å². The highest BCUT2D eigenvalue weighted by Crippen LogP contribution is 2.25. The lowest BCUT2D eigenvalue weighted by Gasteiger charge is -2.20. The number of hydrazine groups is 1. The molecule has 3 rings (SSSR count). The van der Waals surface area contributed by atoms with Gasteiger partial charge in [0.05, 0.1) is 6.61 Å². The highest BCUT2D eigenvalue weighted by molar-refractivity contribution is 5.99. The molecule has 1 aliphatic carbocycles. The molecular weight excluding hydrogens is 422 g/mol. The van der Waals surface area contributed by atoms with Crippen LogP contribution >= 0.6 is 0 Å². The minimum atomic E-state index is -0.463. The van der Waals surface area contributed by atoms with E-state index >= 15 is 0 Å². The summed E-state index contributed by atoms with van der Waals surface area (Å²) in [5.74, 6) is -0.291. The molecule has 0 radical (unpaired) electrons. The topological polar surface area (TPSA) is 106 Å². The van der Waals surface area contributed by atoms with E-state index < -0.39 is 11.8 Å². The Morgan fingerprint density at radius 1 is 0.879 bits per heavy atom. The van der Waals surface area contributed by atoms with Gasteiger partial charge in [0.25, 0.3) is 11.8 Å². The number of amides is 3. The van der Waals surface area contributed by atoms with Gasteiger partial charge < -0.3 is 14.8 Å². The molecule has 1 fully saturated rings. The molecular formula is C25H31N3O5. The van der Waals surface area contributed by atoms with Crippen molar-refractivity contribution in [3.63, 3.8) is 0 Å². The van der Waals surface area contributed by atoms with Crippen LogP contribution in [0.4, 0.5) is 5.69 Å². The molecule has 0 bridgehead atoms. The number of carbonyl (C=O) groups is 3. The molecule has 1 aliphatic rings. The van der Waals surface area contributed by atoms with Gasteiger partial charge in [0, 0.05) is 29.3 Å². The van der Waals surface area contributed by atoms with E-state index in [2.05, 4.69) is 16.2 Å². The molecule has 2 aromatic rings. The van der Waals surface area contributed by atoms with Gasteiger partial charge in [-0.1, -0.05) is 25.3 Å². The van der Waals surface area contributed by atoms with Crippen molar-refractivity contribution in [2.75, 3.05) is 25.1 Å². The first-order valence-electron chi connectivity index (χ1n) is 11.4. The second kappa shape index (κ2) is 12.6. The summed E-state index contributed by atoms with van der Waals surface area (Å²) in [5.41, 5.74) is 6.16. The van der Waals surface area contributed by atoms with Crippen molar-refractivity contribution in [2.45, 2.75) is 39.0 Å². The van der Waals surface area contributed by atoms with E-state index in [1.807, 2.05) is 6.92 Å². The zero-order valence-electron chi connectivity index (χ0n) is 18.9. The van der Waals surface area contributed by atoms with Crippen LogP contribution in [-0.4, -0.2) is 37.5 Å². The fourth-order valence-electron chi connectivity index (χ4n) is 3.66. The second-order valence-electron chi connectivity index (χ2n) is 7.88. The van der Waals surface area contributed by atoms with Gasteiger partial charge in [-0.2, -0.15) is 0 Å². The van der Waals surface area contributed by atoms with Crippen molar-refractivity contribution in [3.8, 4) is 5.75 Å². The van der Waals surface area contributed by atoms with Crippen molar-refractivity contribution >= 4 is 23.4 Å². The number of anilines is 1. The Morgan fingerprint density at radius 2 is 1.58 bits per heavy atom. The first-order valence-corrected chi connectivity index (χ1v) is 11.4. The van der Waals surface area contributed by atoms with Crippen molar-refractivity contribution in [2.24, 2.45) is 5.92 Å². The summed E-state index contributed by atoms with van der Waals surface area (Å²) < 4.78 is 10.8. The molecule has 1 saturated carbocycles. The quantitative estimate of drug-likeness (QED) is 0.397. The van der Waals surface area contributed by atoms with Crippen molar-refractivity contribution in [1.82, 2.24) is 10.9 Å². The predicted octanol–water partition coefficient (Wildman–Crippen LogP) is 3.70. The fourth-order valence-corrected chi connectivity index (χ4v) is 3.66. The summed E-state index contributed by atoms with van der Waals surface area (Å²) in [4.78, 5) is 37.1. The summed E-state index contributed by atoms with van der Waals surface area (Å²) in [7, 11) is 0. The molecule has 0 aromatic heterocycles. The van der Waals surface area contributed by atoms with Gasteiger partial charge in [-0.05, 0) is 62.2 Å². The number of hydrogen-bond acceptors (Lipinski definition) is 5. The van der Waals surface area contributed by atoms with E-state index in [0.717, 1.165) is 25.7 Å². The number of nitrogens with one attached hydrogen (secondary N) is 3. The normalized spacial score (nSPS) is 13.7. The van der Waals surface area contributed by atoms with Crippen LogP contribution in [0.5, 0.6) is 5.75 Å². The van der Waals surface area contributed by atoms with Crippen molar-refractivity contribution < 1.29 is 23.9 Å². The number of ether oxygens (including phenoxy) is 2. The zero-order chi connectivity index (χ0) is 23.5. The number of hydrogen-bond donors (Lipinski definition) is 3. The first-order chi connectivity index (χ1) is 16.1. The highest BCUT2D eigenvalue weighted by atomic mass is 16.5. The molecule has 8 nitrogen and oxygen atoms in total. The average Bonchev–Trinajstić information content (AvgIpc) is 2.86. The summed E-state index contributed by atoms with van der Waals surface area (Å²) in [6.45, 7) is 3.37. The molecule has 2 aromatic carbocycles. The van der Waals surface area contributed by atoms with Crippen LogP contribution in [0.3, 0.4) is 0 Å². The maximum Gasteiger partial charge on any atom is 0.269 e. The predicted molar refractivity (Wildman–Crippen MR) is 125 cm³/mol. The standard InChI is InChI=1S/C25H31N3O5/c1-2-32-15-16-33-22-10-6-9-20(17-22)25(31)28-27-24(30)19-11-13-21(14-12-19)26-23(29)18-7-4-3-5-8-18/h6,9-14,17-18H,2-5,7-8,15-16H2,1H3,(H,26,29)(H,27,30)(H,28,31). The summed E-state index contributed by atoms with van der Waals surface area (Å²) in [6.07, 6.45) is 5.22. The third kappa shape index (κ3) is 7.61. The van der Waals surface area contributed by atoms with E-state index in [4.69, 9.17) is 9.47 Å². The van der Waals surface area contributed by atoms with Crippen LogP contribution in [0.2, 0.25) is 0 Å². The van der Waals surface area contributed by atoms with Crippen LogP contribution in [0.15, 0.2) is 48.5 Å². The average molecular weight is 454 g/mol. The lowest BCUT2D eigenvalue weighted by atomic mass is 9.88. The second-order valence-corrected chi connectivity index (χ2v) is 7.88. The van der Waals surface area contributed by atoms with E-state index in [1.54, 1.807) is 48.5 Å². The maximum absolute atomic E-state index is 12.4. The molecule has 0 unspecified atom stereocenters. The van der Waals surface area contributed by atoms with Gasteiger partial charge in [-0.15, -0.1) is 0 Å². The third-order valence-corrected chi connectivity index (χ3v) is 5.48. The summed E-state index contributed by atoms with van der Waals surface area (Å²) in [5, 5.41) is 2.92. The SMILES string of the molecule is CCOCCOc1cccc(C(=O)NNC(=O)c2ccc(NC(=O)C3CCCCC3)cc2)c1. The van der Waals surface area contributed by atoms with Crippen LogP contribution in [0.25, 0.3) is 0 Å². The van der Waals surface area contributed by atoms with Gasteiger partial charge in [0.15, 0.2) is 0 Å². The van der Waals surface area contributed by atoms with Crippen LogP contribution in [0, 0.1) is 5.92 Å². The third-order valence-electron chi connectivity index (χ3n) is 5.48. The van der Waals surface area contributed by atoms with Crippen molar-refractivity contribution in [3.05, 3.63) is 59.7 Å². The summed E-state index contributed by atoms with van der Waals surface area (Å²) in [6, 6.07) is 13.2. The first kappa shape index (κ1) is 24.3. The maximum atomic E-state index is 12.4. The number of rotatable bonds is 9. The van der Waals surface area contributed by atoms with Gasteiger partial charge in [0.2, 0.25) is 5.91 Å². The molecule has 3 amide bonds. The van der Waals surface area contributed by atoms with Gasteiger partial charge >= 0.3 is 0 Å². The molecule has 0 heterocycles. The molecule has 0 atom stereocenters. The Labute approximate surface area is 194 Å². The molecule has 176 valence electrons. The van der Waals surface area contributed by atoms with Gasteiger partial charge in [-0.25, -0.2) is 0 Å². The van der Waals surface area contributed by atoms with E-state index in [-0.39, 0.29) is 11.8 Å². The molecule has 0 spiro atoms. The Hall–Kier alpha value is -3.39. The van der Waals surface area contributed by atoms with Crippen LogP contribution in [-0.2, 0) is 9.53 Å². The molecule has 33 heavy (non-hydrogen) atoms. The minimum Gasteiger partial charge on any atom is -0.491 e. The molecule has 0 aliphatic heterocycles. The smallest absolute Gasteiger partial charge is 0.269 e. The van der Waals surface area contributed by atoms with Crippen LogP contribution < -0.4 is 20.9 Å². The van der Waals surface area contributed by atoms with Crippen molar-refractivity contribution in [1.29, 1.82) is 0 Å². The van der Waals surface area contributed by atoms with E-state index in [1.165, 1.54) is 6.42 Å². The lowest BCUT2D eigenvalue weighted by Crippen LogP contribution is -2.41. The van der Waals surface area contributed by atoms with Crippen LogP contribution in [0.1, 0.15) is 59.7 Å². The largest absolute Gasteiger partial charge is 0.491 e. The fraction of sp³-hybridized carbons (Fsp3) is 0.400. The Balaban J connectivity index is 1.47. The monoisotopic (exact) mass is 453 g/mol. The number of benzene rings is 2. The highest BCUT2D eigenvalue weighted by Gasteiger charge is 2.21. The Morgan fingerprint density at radius 3 is 2.27 bits per heavy atom. The van der Waals surface area contributed by atoms with Gasteiger partial charge in [0.1, 0.15) is 12.4 Å². The van der Waals surface area contributed by atoms with Gasteiger partial charge in [-0.3, -0.25) is 25.2 Å².